The van der Waals surface area contributed by atoms with Crippen molar-refractivity contribution >= 4 is 99.2 Å². The molecule has 9 fully saturated rings. The summed E-state index contributed by atoms with van der Waals surface area (Å²) in [5, 5.41) is 78.4. The number of carboxylic acid groups (broad SMARTS) is 2. The summed E-state index contributed by atoms with van der Waals surface area (Å²) >= 11 is 0. The van der Waals surface area contributed by atoms with Gasteiger partial charge in [0.05, 0.1) is 22.4 Å². The van der Waals surface area contributed by atoms with E-state index < -0.39 is 50.0 Å². The predicted molar refractivity (Wildman–Crippen MR) is 568 cm³/mol. The van der Waals surface area contributed by atoms with E-state index in [4.69, 9.17) is 65.5 Å². The molecule has 813 valence electrons. The maximum absolute atomic E-state index is 12.8. The normalized spacial score (nSPS) is 28.0. The molecule has 1 radical (unpaired) electrons. The topological polar surface area (TPSA) is 439 Å². The number of carboxylic acids is 2. The van der Waals surface area contributed by atoms with Gasteiger partial charge in [0.25, 0.3) is 0 Å². The molecule has 10 rings (SSSR count). The summed E-state index contributed by atoms with van der Waals surface area (Å²) in [4.78, 5) is 92.5. The predicted octanol–water partition coefficient (Wildman–Crippen LogP) is 14.9. The van der Waals surface area contributed by atoms with Gasteiger partial charge in [-0.15, -0.1) is 26.3 Å². The molecule has 13 atom stereocenters. The van der Waals surface area contributed by atoms with Gasteiger partial charge in [0.15, 0.2) is 5.78 Å². The minimum atomic E-state index is -4.40. The molecular weight excluding hydrogens is 1880 g/mol. The minimum Gasteiger partial charge on any atom is -1.00 e. The van der Waals surface area contributed by atoms with Crippen molar-refractivity contribution in [3.05, 3.63) is 75.9 Å². The molecular formula is C105H197B4BrF3MgN8O19. The first-order valence-electron chi connectivity index (χ1n) is 49.5. The molecule has 5 saturated carbocycles. The summed E-state index contributed by atoms with van der Waals surface area (Å²) in [6, 6.07) is 0. The number of halogens is 4. The van der Waals surface area contributed by atoms with Crippen molar-refractivity contribution in [1.82, 2.24) is 31.9 Å². The first-order valence-corrected chi connectivity index (χ1v) is 49.5. The Hall–Kier alpha value is -4.62. The van der Waals surface area contributed by atoms with Crippen LogP contribution in [0.3, 0.4) is 0 Å². The average molecular weight is 2080 g/mol. The Balaban J connectivity index is -0.000000364. The molecule has 0 spiro atoms. The number of piperidine rings is 2. The molecule has 10 aliphatic rings. The summed E-state index contributed by atoms with van der Waals surface area (Å²) < 4.78 is 54.3. The number of carbonyl (C=O) groups is 8. The molecule has 0 aromatic rings. The largest absolute Gasteiger partial charge is 2.00 e. The van der Waals surface area contributed by atoms with Gasteiger partial charge in [0.2, 0.25) is 23.6 Å². The van der Waals surface area contributed by atoms with E-state index in [2.05, 4.69) is 127 Å². The van der Waals surface area contributed by atoms with Crippen LogP contribution in [0.2, 0.25) is 19.0 Å². The van der Waals surface area contributed by atoms with Gasteiger partial charge in [0.1, 0.15) is 23.5 Å². The molecule has 0 aromatic carbocycles. The number of aliphatic carboxylic acids is 2. The van der Waals surface area contributed by atoms with Gasteiger partial charge in [-0.2, -0.15) is 13.2 Å². The van der Waals surface area contributed by atoms with Gasteiger partial charge in [-0.05, 0) is 327 Å². The molecule has 4 saturated heterocycles. The molecule has 36 heteroatoms. The van der Waals surface area contributed by atoms with Crippen LogP contribution in [-0.4, -0.2) is 229 Å². The van der Waals surface area contributed by atoms with E-state index in [1.54, 1.807) is 6.08 Å². The third-order valence-electron chi connectivity index (χ3n) is 27.2. The fourth-order valence-electron chi connectivity index (χ4n) is 17.7. The van der Waals surface area contributed by atoms with E-state index in [1.807, 2.05) is 141 Å². The Kier molecular flexibility index (Phi) is 68.9. The number of rotatable bonds is 19. The Morgan fingerprint density at radius 3 is 1.04 bits per heavy atom. The van der Waals surface area contributed by atoms with Crippen molar-refractivity contribution in [1.29, 1.82) is 0 Å². The number of Topliss-reactive ketones (excluding diaryl/α,β-unsaturated/α-hetero) is 1. The molecule has 0 aromatic heterocycles. The number of carbonyl (C=O) groups excluding carboxylic acids is 6. The number of ketones is 2. The maximum Gasteiger partial charge on any atom is 2.00 e. The SMILES string of the molecule is C.C.C.C=CC1CCCC(=O)C1.C=C[C@@H]1CCC[C@@](C)(C(=O)NC(C)(C)C)C1.C=C[C@@H]1CCC[C@@](C)(C(=O)NC(C)(C)C)C1.C=C[C@H]1CCC[C@@](C)(C(=O)NC(C)(C)C)C1.CC(C)(C)NC(=O)[C@]1(C)CCC[C@@H](CCB2OC(C)(C)C(C)(C)O2)C1.CC1(C)O[B]OC1(C)C.N[C@@]1(C(=O)O)CNC[C@@H](CCB(O)O)C1.N[C@@]1(C(=O)O)CNC[C@@H](CCB(O)O)C1.O=C1C=CCCC1.OCC(F)(F)F.[Br-].[CH-]=C.[Mg+2]. The van der Waals surface area contributed by atoms with Gasteiger partial charge in [-0.3, -0.25) is 44.9 Å². The Bertz CT molecular complexity index is 3520. The standard InChI is InChI=1S/C20H38BNO3.3C14H25NO.2C8H17BN2O4.C8H12O.C6H12BO2.C6H8O.C2H3F3O.C2H3.3CH4.BrH.Mg/c1-17(2,3)22-16(23)20(8)12-9-10-15(14-20)11-13-21-24-18(4,5)19(6,7)25-21;3*1-6-11-8-7-9-14(5,10-11)12(16)15-13(2,3)4;2*10-8(7(12)13)3-6(4-11-5-8)1-2-9(14)15;1-2-7-4-3-5-8(9)6-7;1-5(2)6(3,4)9-7-8-5;7-6-4-2-1-3-5-6;3-2(4,5)1-6;1-2;;;;;/h15H,9-14H2,1-8H3,(H,22,23);3*6,11H,1,7-10H2,2-5H3,(H,15,16);2*6,11,14-15H,1-5,10H2,(H,12,13);2,7H,1,3-6H2;1-4H3;2,4H,1,3,5H2;6H,1H2;1H,2H2;3*1H4;1H;/q;;;;;;;;;;-1;;;;;+2/p-1/t15-,20+;11-,14+;2*11-,14-;2*6-,8+;;;;;;;;;;/m001100........../s1. The number of amides is 4. The summed E-state index contributed by atoms with van der Waals surface area (Å²) in [7, 11) is -1.37. The first-order chi connectivity index (χ1) is 62.2. The third kappa shape index (κ3) is 58.2. The number of hydrogen-bond donors (Lipinski definition) is 15. The number of alkyl halides is 3. The van der Waals surface area contributed by atoms with E-state index in [-0.39, 0.29) is 203 Å². The molecule has 4 amide bonds. The van der Waals surface area contributed by atoms with Gasteiger partial charge in [-0.25, -0.2) is 0 Å². The Labute approximate surface area is 880 Å². The van der Waals surface area contributed by atoms with Crippen molar-refractivity contribution in [2.45, 2.75) is 449 Å². The Morgan fingerprint density at radius 1 is 0.496 bits per heavy atom. The summed E-state index contributed by atoms with van der Waals surface area (Å²) in [5.74, 6) is 2.22. The average Bonchev–Trinajstić information content (AvgIpc) is 1.65. The monoisotopic (exact) mass is 2080 g/mol. The van der Waals surface area contributed by atoms with Crippen molar-refractivity contribution in [2.75, 3.05) is 32.8 Å². The fourth-order valence-corrected chi connectivity index (χ4v) is 17.7. The van der Waals surface area contributed by atoms with E-state index in [9.17, 15) is 51.5 Å². The van der Waals surface area contributed by atoms with Gasteiger partial charge >= 0.3 is 70.2 Å². The number of aliphatic hydroxyl groups is 1. The third-order valence-corrected chi connectivity index (χ3v) is 27.2. The van der Waals surface area contributed by atoms with Crippen molar-refractivity contribution < 1.29 is 123 Å². The summed E-state index contributed by atoms with van der Waals surface area (Å²) in [5.41, 5.74) is 6.65. The van der Waals surface area contributed by atoms with E-state index in [1.165, 1.54) is 33.4 Å². The number of allylic oxidation sites excluding steroid dienone is 6. The van der Waals surface area contributed by atoms with Crippen LogP contribution in [0.25, 0.3) is 0 Å². The van der Waals surface area contributed by atoms with E-state index >= 15 is 0 Å². The quantitative estimate of drug-likeness (QED) is 0.0324. The van der Waals surface area contributed by atoms with Gasteiger partial charge in [0, 0.05) is 76.2 Å². The summed E-state index contributed by atoms with van der Waals surface area (Å²) in [6.07, 6.45) is 35.2. The van der Waals surface area contributed by atoms with Crippen LogP contribution in [0.5, 0.6) is 0 Å². The number of aliphatic hydroxyl groups excluding tert-OH is 1. The number of nitrogens with one attached hydrogen (secondary N) is 6. The van der Waals surface area contributed by atoms with Crippen LogP contribution in [0.15, 0.2) is 69.4 Å². The van der Waals surface area contributed by atoms with Crippen molar-refractivity contribution in [2.24, 2.45) is 74.6 Å². The fraction of sp³-hybridized carbons (Fsp3) is 0.810. The molecule has 0 bridgehead atoms. The molecule has 141 heavy (non-hydrogen) atoms. The molecule has 17 N–H and O–H groups in total. The zero-order valence-electron chi connectivity index (χ0n) is 89.3. The zero-order chi connectivity index (χ0) is 105. The second kappa shape index (κ2) is 66.1. The van der Waals surface area contributed by atoms with Gasteiger partial charge < -0.3 is 121 Å². The zero-order valence-corrected chi connectivity index (χ0v) is 92.3. The van der Waals surface area contributed by atoms with Crippen LogP contribution in [0, 0.1) is 69.7 Å². The van der Waals surface area contributed by atoms with E-state index in [0.717, 1.165) is 135 Å². The second-order valence-corrected chi connectivity index (χ2v) is 46.5. The number of hydrogen-bond acceptors (Lipinski definition) is 21. The van der Waals surface area contributed by atoms with Crippen LogP contribution < -0.4 is 60.3 Å². The van der Waals surface area contributed by atoms with Crippen molar-refractivity contribution in [3.63, 3.8) is 0 Å². The number of nitrogens with two attached hydrogens (primary N) is 2. The second-order valence-electron chi connectivity index (χ2n) is 46.5. The Morgan fingerprint density at radius 2 is 0.801 bits per heavy atom. The van der Waals surface area contributed by atoms with Gasteiger partial charge in [-0.1, -0.05) is 132 Å². The van der Waals surface area contributed by atoms with Crippen LogP contribution in [0.1, 0.15) is 368 Å². The molecule has 1 unspecified atom stereocenters. The van der Waals surface area contributed by atoms with Crippen LogP contribution >= 0.6 is 0 Å². The van der Waals surface area contributed by atoms with Crippen LogP contribution in [-0.2, 0) is 57.0 Å². The molecule has 4 heterocycles. The first kappa shape index (κ1) is 147. The van der Waals surface area contributed by atoms with E-state index in [0.29, 0.717) is 74.1 Å². The minimum absolute atomic E-state index is 0. The van der Waals surface area contributed by atoms with Crippen molar-refractivity contribution in [3.8, 4) is 0 Å². The van der Waals surface area contributed by atoms with Crippen LogP contribution in [0.4, 0.5) is 13.2 Å². The summed E-state index contributed by atoms with van der Waals surface area (Å²) in [6.45, 7) is 71.6. The smallest absolute Gasteiger partial charge is 1.00 e. The molecule has 6 aliphatic carbocycles. The molecule has 4 aliphatic heterocycles. The maximum atomic E-state index is 12.8. The molecule has 27 nitrogen and oxygen atoms in total.